The van der Waals surface area contributed by atoms with Crippen LogP contribution in [0.4, 0.5) is 79.0 Å². The highest BCUT2D eigenvalue weighted by molar-refractivity contribution is 5.27. The second-order valence-corrected chi connectivity index (χ2v) is 6.66. The van der Waals surface area contributed by atoms with Gasteiger partial charge in [-0.1, -0.05) is 0 Å². The molecule has 1 fully saturated rings. The Hall–Kier alpha value is -3.10. The number of hydrogen-bond donors (Lipinski definition) is 0. The van der Waals surface area contributed by atoms with Crippen molar-refractivity contribution in [3.63, 3.8) is 0 Å². The van der Waals surface area contributed by atoms with Crippen LogP contribution in [0.15, 0.2) is 49.4 Å². The van der Waals surface area contributed by atoms with Crippen molar-refractivity contribution in [2.75, 3.05) is 0 Å². The van der Waals surface area contributed by atoms with Gasteiger partial charge >= 0.3 is 59.8 Å². The van der Waals surface area contributed by atoms with Crippen molar-refractivity contribution in [2.24, 2.45) is 0 Å². The smallest absolute Gasteiger partial charge is 0.426 e. The highest BCUT2D eigenvalue weighted by Crippen LogP contribution is 2.70. The van der Waals surface area contributed by atoms with E-state index in [1.54, 1.807) is 0 Å². The molecule has 0 N–H and O–H groups in total. The standard InChI is InChI=1S/C16H6F18O4/c17-6(18)1-35-15(33,36-2-7(19)20)10(25)5-11(26,27)12(28,14(31,32)13(10,29)30)16(34,37-3-8(21)22)38-4-9(23)24/h1-4H,5H2. The molecule has 22 heteroatoms. The van der Waals surface area contributed by atoms with Crippen LogP contribution in [0.3, 0.4) is 0 Å². The fourth-order valence-electron chi connectivity index (χ4n) is 2.82. The molecule has 0 aromatic heterocycles. The van der Waals surface area contributed by atoms with E-state index in [1.165, 1.54) is 0 Å². The van der Waals surface area contributed by atoms with E-state index in [4.69, 9.17) is 0 Å². The molecule has 0 radical (unpaired) electrons. The third-order valence-electron chi connectivity index (χ3n) is 4.38. The maximum absolute atomic E-state index is 15.1. The van der Waals surface area contributed by atoms with E-state index >= 15 is 8.78 Å². The first kappa shape index (κ1) is 32.9. The molecule has 1 rings (SSSR count). The largest absolute Gasteiger partial charge is 0.455 e. The van der Waals surface area contributed by atoms with E-state index in [2.05, 4.69) is 18.9 Å². The zero-order valence-corrected chi connectivity index (χ0v) is 17.0. The molecule has 4 nitrogen and oxygen atoms in total. The molecule has 220 valence electrons. The molecule has 0 aliphatic heterocycles. The van der Waals surface area contributed by atoms with Gasteiger partial charge in [-0.2, -0.15) is 61.5 Å². The molecule has 2 unspecified atom stereocenters. The fraction of sp³-hybridized carbons (Fsp3) is 0.500. The van der Waals surface area contributed by atoms with Crippen molar-refractivity contribution >= 4 is 0 Å². The van der Waals surface area contributed by atoms with Crippen LogP contribution in [-0.4, -0.2) is 41.2 Å². The Morgan fingerprint density at radius 3 is 1.08 bits per heavy atom. The first-order valence-corrected chi connectivity index (χ1v) is 8.52. The van der Waals surface area contributed by atoms with Gasteiger partial charge in [-0.15, -0.1) is 0 Å². The van der Waals surface area contributed by atoms with E-state index in [9.17, 15) is 70.2 Å². The lowest BCUT2D eigenvalue weighted by Crippen LogP contribution is -2.84. The quantitative estimate of drug-likeness (QED) is 0.144. The average molecular weight is 604 g/mol. The summed E-state index contributed by atoms with van der Waals surface area (Å²) in [6.45, 7) is 0. The van der Waals surface area contributed by atoms with Crippen molar-refractivity contribution in [3.8, 4) is 0 Å². The summed E-state index contributed by atoms with van der Waals surface area (Å²) in [4.78, 5) is 0. The predicted molar refractivity (Wildman–Crippen MR) is 80.3 cm³/mol. The topological polar surface area (TPSA) is 36.9 Å². The number of halogens is 18. The van der Waals surface area contributed by atoms with Gasteiger partial charge in [0, 0.05) is 0 Å². The van der Waals surface area contributed by atoms with Crippen molar-refractivity contribution < 1.29 is 98.0 Å². The van der Waals surface area contributed by atoms with Crippen molar-refractivity contribution in [1.82, 2.24) is 0 Å². The van der Waals surface area contributed by atoms with Gasteiger partial charge in [0.15, 0.2) is 25.0 Å². The summed E-state index contributed by atoms with van der Waals surface area (Å²) < 4.78 is 257. The first-order valence-electron chi connectivity index (χ1n) is 8.52. The van der Waals surface area contributed by atoms with E-state index in [0.29, 0.717) is 0 Å². The zero-order valence-electron chi connectivity index (χ0n) is 17.0. The van der Waals surface area contributed by atoms with Crippen LogP contribution in [0.5, 0.6) is 0 Å². The molecule has 38 heavy (non-hydrogen) atoms. The third kappa shape index (κ3) is 5.12. The molecule has 0 spiro atoms. The lowest BCUT2D eigenvalue weighted by Gasteiger charge is -2.54. The first-order chi connectivity index (χ1) is 16.9. The summed E-state index contributed by atoms with van der Waals surface area (Å²) in [6, 6.07) is -12.9. The fourth-order valence-corrected chi connectivity index (χ4v) is 2.82. The lowest BCUT2D eigenvalue weighted by molar-refractivity contribution is -0.503. The van der Waals surface area contributed by atoms with Gasteiger partial charge in [0.2, 0.25) is 0 Å². The minimum atomic E-state index is -7.92. The van der Waals surface area contributed by atoms with Crippen LogP contribution < -0.4 is 0 Å². The molecule has 0 amide bonds. The molecular formula is C16H6F18O4. The Bertz CT molecular complexity index is 952. The molecule has 0 bridgehead atoms. The van der Waals surface area contributed by atoms with Crippen LogP contribution in [-0.2, 0) is 18.9 Å². The van der Waals surface area contributed by atoms with Crippen LogP contribution in [0.2, 0.25) is 0 Å². The van der Waals surface area contributed by atoms with Crippen LogP contribution in [0, 0.1) is 0 Å². The van der Waals surface area contributed by atoms with E-state index in [-0.39, 0.29) is 0 Å². The van der Waals surface area contributed by atoms with Crippen molar-refractivity contribution in [3.05, 3.63) is 49.4 Å². The summed E-state index contributed by atoms with van der Waals surface area (Å²) in [5.41, 5.74) is -14.2. The second-order valence-electron chi connectivity index (χ2n) is 6.66. The highest BCUT2D eigenvalue weighted by Gasteiger charge is 3.00. The minimum Gasteiger partial charge on any atom is -0.426 e. The molecule has 1 saturated carbocycles. The summed E-state index contributed by atoms with van der Waals surface area (Å²) in [6.07, 6.45) is -24.2. The Morgan fingerprint density at radius 2 is 0.789 bits per heavy atom. The monoisotopic (exact) mass is 604 g/mol. The summed E-state index contributed by atoms with van der Waals surface area (Å²) >= 11 is 0. The van der Waals surface area contributed by atoms with Crippen molar-refractivity contribution in [2.45, 2.75) is 47.6 Å². The Kier molecular flexibility index (Phi) is 8.86. The van der Waals surface area contributed by atoms with Crippen LogP contribution >= 0.6 is 0 Å². The molecule has 0 heterocycles. The van der Waals surface area contributed by atoms with Gasteiger partial charge in [0.05, 0.1) is 6.42 Å². The van der Waals surface area contributed by atoms with Gasteiger partial charge < -0.3 is 18.9 Å². The summed E-state index contributed by atoms with van der Waals surface area (Å²) in [5, 5.41) is 0. The predicted octanol–water partition coefficient (Wildman–Crippen LogP) is 7.98. The van der Waals surface area contributed by atoms with E-state index in [0.717, 1.165) is 0 Å². The maximum atomic E-state index is 15.1. The zero-order chi connectivity index (χ0) is 30.2. The lowest BCUT2D eigenvalue weighted by atomic mass is 9.67. The van der Waals surface area contributed by atoms with Gasteiger partial charge in [0.25, 0.3) is 5.67 Å². The van der Waals surface area contributed by atoms with Gasteiger partial charge in [-0.3, -0.25) is 0 Å². The summed E-state index contributed by atoms with van der Waals surface area (Å²) in [7, 11) is 0. The molecule has 0 aromatic carbocycles. The average Bonchev–Trinajstić information content (AvgIpc) is 2.76. The molecule has 0 aromatic rings. The van der Waals surface area contributed by atoms with Crippen molar-refractivity contribution in [1.29, 1.82) is 0 Å². The summed E-state index contributed by atoms with van der Waals surface area (Å²) in [5.74, 6) is -22.6. The molecule has 2 atom stereocenters. The van der Waals surface area contributed by atoms with E-state index < -0.39 is 97.0 Å². The number of alkyl halides is 10. The molecule has 0 saturated heterocycles. The van der Waals surface area contributed by atoms with Gasteiger partial charge in [-0.25, -0.2) is 17.6 Å². The molecular weight excluding hydrogens is 598 g/mol. The normalized spacial score (nSPS) is 25.8. The van der Waals surface area contributed by atoms with Crippen LogP contribution in [0.1, 0.15) is 6.42 Å². The second kappa shape index (κ2) is 10.2. The van der Waals surface area contributed by atoms with Crippen LogP contribution in [0.25, 0.3) is 0 Å². The highest BCUT2D eigenvalue weighted by atomic mass is 19.3. The number of hydrogen-bond acceptors (Lipinski definition) is 4. The number of ether oxygens (including phenoxy) is 4. The number of rotatable bonds is 10. The maximum Gasteiger partial charge on any atom is 0.455 e. The minimum absolute atomic E-state index is 1.51. The third-order valence-corrected chi connectivity index (χ3v) is 4.38. The van der Waals surface area contributed by atoms with Gasteiger partial charge in [0.1, 0.15) is 0 Å². The Morgan fingerprint density at radius 1 is 0.500 bits per heavy atom. The SMILES string of the molecule is FC(F)=COC(F)(OC=C(F)F)C1(F)CC(F)(F)C(F)(C(F)(OC=C(F)F)OC=C(F)F)C(F)(F)C1(F)F. The van der Waals surface area contributed by atoms with E-state index in [1.807, 2.05) is 0 Å². The molecule has 1 aliphatic rings. The molecule has 1 aliphatic carbocycles. The Labute approximate surface area is 196 Å². The van der Waals surface area contributed by atoms with Gasteiger partial charge in [-0.05, 0) is 0 Å². The Balaban J connectivity index is 4.05.